The van der Waals surface area contributed by atoms with Crippen molar-refractivity contribution in [3.63, 3.8) is 0 Å². The lowest BCUT2D eigenvalue weighted by molar-refractivity contribution is -0.141. The second-order valence-corrected chi connectivity index (χ2v) is 6.30. The van der Waals surface area contributed by atoms with Gasteiger partial charge in [0, 0.05) is 19.3 Å². The van der Waals surface area contributed by atoms with Crippen LogP contribution in [0.5, 0.6) is 0 Å². The van der Waals surface area contributed by atoms with Gasteiger partial charge in [0.25, 0.3) is 0 Å². The maximum Gasteiger partial charge on any atom is 0.435 e. The van der Waals surface area contributed by atoms with E-state index in [0.717, 1.165) is 17.0 Å². The Bertz CT molecular complexity index is 1130. The minimum atomic E-state index is -4.51. The van der Waals surface area contributed by atoms with Crippen molar-refractivity contribution in [1.29, 1.82) is 0 Å². The average molecular weight is 408 g/mol. The van der Waals surface area contributed by atoms with Gasteiger partial charge in [0.05, 0.1) is 23.8 Å². The normalized spacial score (nSPS) is 11.9. The van der Waals surface area contributed by atoms with E-state index in [2.05, 4.69) is 25.5 Å². The molecule has 4 aromatic rings. The molecule has 0 spiro atoms. The molecule has 0 unspecified atom stereocenters. The Balaban J connectivity index is 1.62. The van der Waals surface area contributed by atoms with E-state index in [9.17, 15) is 13.2 Å². The smallest absolute Gasteiger partial charge is 0.373 e. The van der Waals surface area contributed by atoms with Gasteiger partial charge in [-0.1, -0.05) is 12.1 Å². The van der Waals surface area contributed by atoms with Crippen LogP contribution in [0.4, 0.5) is 19.0 Å². The maximum atomic E-state index is 12.9. The summed E-state index contributed by atoms with van der Waals surface area (Å²) >= 11 is 5.84. The summed E-state index contributed by atoms with van der Waals surface area (Å²) in [5.74, 6) is 0.240. The molecule has 3 aromatic heterocycles. The van der Waals surface area contributed by atoms with Crippen LogP contribution in [0.2, 0.25) is 5.28 Å². The van der Waals surface area contributed by atoms with Crippen LogP contribution in [0.3, 0.4) is 0 Å². The van der Waals surface area contributed by atoms with E-state index in [0.29, 0.717) is 17.9 Å². The summed E-state index contributed by atoms with van der Waals surface area (Å²) < 4.78 is 41.7. The highest BCUT2D eigenvalue weighted by atomic mass is 35.5. The molecule has 0 saturated heterocycles. The summed E-state index contributed by atoms with van der Waals surface area (Å²) in [5.41, 5.74) is 1.03. The SMILES string of the molecule is CNc1cc(C(F)(F)F)nn1-c1ccc(Cn2ncc3cnc(Cl)nc32)cc1. The van der Waals surface area contributed by atoms with Gasteiger partial charge in [-0.3, -0.25) is 0 Å². The number of nitrogens with zero attached hydrogens (tertiary/aromatic N) is 6. The lowest BCUT2D eigenvalue weighted by Gasteiger charge is -2.08. The van der Waals surface area contributed by atoms with Crippen molar-refractivity contribution >= 4 is 28.5 Å². The second-order valence-electron chi connectivity index (χ2n) is 5.96. The number of alkyl halides is 3. The Hall–Kier alpha value is -3.14. The highest BCUT2D eigenvalue weighted by Crippen LogP contribution is 2.31. The van der Waals surface area contributed by atoms with Crippen LogP contribution in [0.1, 0.15) is 11.3 Å². The molecule has 0 aliphatic heterocycles. The average Bonchev–Trinajstić information content (AvgIpc) is 3.27. The molecule has 0 atom stereocenters. The molecular weight excluding hydrogens is 395 g/mol. The first-order valence-electron chi connectivity index (χ1n) is 8.13. The highest BCUT2D eigenvalue weighted by Gasteiger charge is 2.35. The van der Waals surface area contributed by atoms with Crippen molar-refractivity contribution in [2.45, 2.75) is 12.7 Å². The molecule has 0 radical (unpaired) electrons. The first-order chi connectivity index (χ1) is 13.3. The van der Waals surface area contributed by atoms with E-state index in [4.69, 9.17) is 11.6 Å². The van der Waals surface area contributed by atoms with Gasteiger partial charge in [0.1, 0.15) is 5.82 Å². The molecule has 0 aliphatic carbocycles. The second kappa shape index (κ2) is 6.79. The summed E-state index contributed by atoms with van der Waals surface area (Å²) in [5, 5.41) is 11.5. The van der Waals surface area contributed by atoms with E-state index in [-0.39, 0.29) is 11.1 Å². The van der Waals surface area contributed by atoms with Gasteiger partial charge < -0.3 is 5.32 Å². The molecule has 0 saturated carbocycles. The van der Waals surface area contributed by atoms with E-state index >= 15 is 0 Å². The van der Waals surface area contributed by atoms with Crippen LogP contribution < -0.4 is 5.32 Å². The zero-order valence-electron chi connectivity index (χ0n) is 14.4. The van der Waals surface area contributed by atoms with Crippen LogP contribution in [0, 0.1) is 0 Å². The Kier molecular flexibility index (Phi) is 4.42. The molecule has 0 amide bonds. The number of hydrogen-bond acceptors (Lipinski definition) is 5. The van der Waals surface area contributed by atoms with E-state index in [1.54, 1.807) is 41.3 Å². The van der Waals surface area contributed by atoms with Crippen molar-refractivity contribution in [3.8, 4) is 5.69 Å². The van der Waals surface area contributed by atoms with Gasteiger partial charge in [-0.15, -0.1) is 0 Å². The number of nitrogens with one attached hydrogen (secondary N) is 1. The predicted molar refractivity (Wildman–Crippen MR) is 97.5 cm³/mol. The first-order valence-corrected chi connectivity index (χ1v) is 8.51. The lowest BCUT2D eigenvalue weighted by atomic mass is 10.2. The van der Waals surface area contributed by atoms with Gasteiger partial charge in [0.2, 0.25) is 5.28 Å². The van der Waals surface area contributed by atoms with Gasteiger partial charge in [0.15, 0.2) is 11.3 Å². The Morgan fingerprint density at radius 3 is 2.57 bits per heavy atom. The van der Waals surface area contributed by atoms with Crippen molar-refractivity contribution in [2.24, 2.45) is 0 Å². The van der Waals surface area contributed by atoms with Gasteiger partial charge in [-0.05, 0) is 29.3 Å². The Labute approximate surface area is 161 Å². The molecule has 7 nitrogen and oxygen atoms in total. The van der Waals surface area contributed by atoms with Gasteiger partial charge in [-0.25, -0.2) is 14.3 Å². The molecule has 3 heterocycles. The minimum Gasteiger partial charge on any atom is -0.373 e. The van der Waals surface area contributed by atoms with Crippen molar-refractivity contribution in [1.82, 2.24) is 29.5 Å². The fraction of sp³-hybridized carbons (Fsp3) is 0.176. The monoisotopic (exact) mass is 407 g/mol. The van der Waals surface area contributed by atoms with Crippen molar-refractivity contribution in [3.05, 3.63) is 59.3 Å². The molecule has 28 heavy (non-hydrogen) atoms. The number of halogens is 4. The number of benzene rings is 1. The summed E-state index contributed by atoms with van der Waals surface area (Å²) in [7, 11) is 1.54. The fourth-order valence-electron chi connectivity index (χ4n) is 2.77. The Morgan fingerprint density at radius 2 is 1.89 bits per heavy atom. The first kappa shape index (κ1) is 18.2. The lowest BCUT2D eigenvalue weighted by Crippen LogP contribution is -2.08. The van der Waals surface area contributed by atoms with Crippen molar-refractivity contribution < 1.29 is 13.2 Å². The fourth-order valence-corrected chi connectivity index (χ4v) is 2.90. The number of aromatic nitrogens is 6. The number of anilines is 1. The van der Waals surface area contributed by atoms with Crippen LogP contribution in [0.15, 0.2) is 42.7 Å². The molecule has 144 valence electrons. The number of fused-ring (bicyclic) bond motifs is 1. The molecule has 11 heteroatoms. The topological polar surface area (TPSA) is 73.5 Å². The van der Waals surface area contributed by atoms with Crippen LogP contribution in [0.25, 0.3) is 16.7 Å². The number of rotatable bonds is 4. The zero-order chi connectivity index (χ0) is 19.9. The molecule has 1 aromatic carbocycles. The van der Waals surface area contributed by atoms with Gasteiger partial charge in [-0.2, -0.15) is 28.4 Å². The third-order valence-electron chi connectivity index (χ3n) is 4.12. The third-order valence-corrected chi connectivity index (χ3v) is 4.30. The molecule has 0 fully saturated rings. The molecular formula is C17H13ClF3N7. The zero-order valence-corrected chi connectivity index (χ0v) is 15.2. The summed E-state index contributed by atoms with van der Waals surface area (Å²) in [6, 6.07) is 7.93. The predicted octanol–water partition coefficient (Wildman–Crippen LogP) is 3.77. The van der Waals surface area contributed by atoms with Crippen LogP contribution >= 0.6 is 11.6 Å². The molecule has 0 bridgehead atoms. The van der Waals surface area contributed by atoms with Gasteiger partial charge >= 0.3 is 6.18 Å². The summed E-state index contributed by atoms with van der Waals surface area (Å²) in [6.07, 6.45) is -1.28. The van der Waals surface area contributed by atoms with E-state index < -0.39 is 11.9 Å². The molecule has 4 rings (SSSR count). The van der Waals surface area contributed by atoms with Crippen LogP contribution in [-0.2, 0) is 12.7 Å². The van der Waals surface area contributed by atoms with Crippen LogP contribution in [-0.4, -0.2) is 36.6 Å². The summed E-state index contributed by atoms with van der Waals surface area (Å²) in [4.78, 5) is 8.08. The highest BCUT2D eigenvalue weighted by molar-refractivity contribution is 6.28. The molecule has 0 aliphatic rings. The minimum absolute atomic E-state index is 0.128. The molecule has 1 N–H and O–H groups in total. The quantitative estimate of drug-likeness (QED) is 0.521. The van der Waals surface area contributed by atoms with E-state index in [1.807, 2.05) is 0 Å². The maximum absolute atomic E-state index is 12.9. The standard InChI is InChI=1S/C17H13ClF3N7/c1-22-14-6-13(17(19,20)21)26-28(14)12-4-2-10(3-5-12)9-27-15-11(8-24-27)7-23-16(18)25-15/h2-8,22H,9H2,1H3. The third kappa shape index (κ3) is 3.38. The summed E-state index contributed by atoms with van der Waals surface area (Å²) in [6.45, 7) is 0.420. The number of hydrogen-bond donors (Lipinski definition) is 1. The van der Waals surface area contributed by atoms with Crippen molar-refractivity contribution in [2.75, 3.05) is 12.4 Å². The van der Waals surface area contributed by atoms with E-state index in [1.165, 1.54) is 11.7 Å². The largest absolute Gasteiger partial charge is 0.435 e. The Morgan fingerprint density at radius 1 is 1.14 bits per heavy atom.